The van der Waals surface area contributed by atoms with E-state index in [9.17, 15) is 14.0 Å². The number of hydrogen-bond acceptors (Lipinski definition) is 5. The number of nitrogens with zero attached hydrogens (tertiary/aromatic N) is 2. The predicted octanol–water partition coefficient (Wildman–Crippen LogP) is 3.06. The van der Waals surface area contributed by atoms with Crippen molar-refractivity contribution in [3.05, 3.63) is 24.0 Å². The first-order chi connectivity index (χ1) is 11.7. The number of piperazine rings is 1. The van der Waals surface area contributed by atoms with Crippen LogP contribution in [-0.4, -0.2) is 56.0 Å². The number of carbonyl (C=O) groups is 2. The molecular weight excluding hydrogens is 329 g/mol. The van der Waals surface area contributed by atoms with Crippen molar-refractivity contribution in [2.75, 3.05) is 43.5 Å². The van der Waals surface area contributed by atoms with Gasteiger partial charge in [-0.05, 0) is 39.0 Å². The van der Waals surface area contributed by atoms with Crippen molar-refractivity contribution < 1.29 is 23.5 Å². The maximum atomic E-state index is 14.3. The van der Waals surface area contributed by atoms with E-state index >= 15 is 0 Å². The van der Waals surface area contributed by atoms with Gasteiger partial charge in [0, 0.05) is 31.9 Å². The maximum Gasteiger partial charge on any atom is 0.411 e. The van der Waals surface area contributed by atoms with E-state index in [-0.39, 0.29) is 6.09 Å². The van der Waals surface area contributed by atoms with Gasteiger partial charge in [-0.15, -0.1) is 0 Å². The number of rotatable bonds is 2. The molecule has 25 heavy (non-hydrogen) atoms. The first kappa shape index (κ1) is 18.8. The van der Waals surface area contributed by atoms with Crippen LogP contribution in [0.25, 0.3) is 0 Å². The fourth-order valence-electron chi connectivity index (χ4n) is 2.47. The van der Waals surface area contributed by atoms with Gasteiger partial charge in [-0.2, -0.15) is 0 Å². The Hall–Kier alpha value is -2.51. The standard InChI is InChI=1S/C17H24FN3O4/c1-17(2,3)25-16(23)21-9-7-20(8-10-21)14-6-5-12(11-13(14)18)19-15(22)24-4/h5-6,11H,7-10H2,1-4H3,(H,19,22). The van der Waals surface area contributed by atoms with E-state index in [0.717, 1.165) is 0 Å². The Kier molecular flexibility index (Phi) is 5.71. The van der Waals surface area contributed by atoms with Gasteiger partial charge in [0.2, 0.25) is 0 Å². The summed E-state index contributed by atoms with van der Waals surface area (Å²) in [6.45, 7) is 7.37. The van der Waals surface area contributed by atoms with Crippen molar-refractivity contribution in [2.24, 2.45) is 0 Å². The molecule has 1 aliphatic rings. The molecule has 0 radical (unpaired) electrons. The van der Waals surface area contributed by atoms with Crippen LogP contribution in [0.3, 0.4) is 0 Å². The molecule has 0 spiro atoms. The Morgan fingerprint density at radius 3 is 2.32 bits per heavy atom. The summed E-state index contributed by atoms with van der Waals surface area (Å²) in [5, 5.41) is 2.42. The van der Waals surface area contributed by atoms with Crippen LogP contribution in [0.4, 0.5) is 25.4 Å². The van der Waals surface area contributed by atoms with E-state index in [0.29, 0.717) is 37.6 Å². The van der Waals surface area contributed by atoms with Crippen molar-refractivity contribution in [3.8, 4) is 0 Å². The monoisotopic (exact) mass is 353 g/mol. The first-order valence-corrected chi connectivity index (χ1v) is 8.07. The van der Waals surface area contributed by atoms with Crippen molar-refractivity contribution in [2.45, 2.75) is 26.4 Å². The molecule has 0 aliphatic carbocycles. The molecule has 1 aliphatic heterocycles. The summed E-state index contributed by atoms with van der Waals surface area (Å²) in [5.41, 5.74) is 0.211. The maximum absolute atomic E-state index is 14.3. The lowest BCUT2D eigenvalue weighted by Crippen LogP contribution is -2.50. The number of ether oxygens (including phenoxy) is 2. The van der Waals surface area contributed by atoms with Gasteiger partial charge < -0.3 is 19.3 Å². The molecule has 8 heteroatoms. The Morgan fingerprint density at radius 1 is 1.16 bits per heavy atom. The minimum absolute atomic E-state index is 0.320. The summed E-state index contributed by atoms with van der Waals surface area (Å²) in [4.78, 5) is 26.7. The van der Waals surface area contributed by atoms with E-state index in [1.54, 1.807) is 17.0 Å². The highest BCUT2D eigenvalue weighted by Crippen LogP contribution is 2.24. The van der Waals surface area contributed by atoms with Crippen molar-refractivity contribution in [1.29, 1.82) is 0 Å². The van der Waals surface area contributed by atoms with Crippen LogP contribution in [0, 0.1) is 5.82 Å². The Bertz CT molecular complexity index is 637. The number of carbonyl (C=O) groups excluding carboxylic acids is 2. The van der Waals surface area contributed by atoms with E-state index in [1.165, 1.54) is 13.2 Å². The molecule has 0 aromatic heterocycles. The minimum atomic E-state index is -0.655. The van der Waals surface area contributed by atoms with Crippen LogP contribution in [0.2, 0.25) is 0 Å². The molecular formula is C17H24FN3O4. The van der Waals surface area contributed by atoms with Gasteiger partial charge in [0.15, 0.2) is 0 Å². The largest absolute Gasteiger partial charge is 0.453 e. The zero-order valence-corrected chi connectivity index (χ0v) is 15.0. The molecule has 0 unspecified atom stereocenters. The average Bonchev–Trinajstić information content (AvgIpc) is 2.53. The third-order valence-electron chi connectivity index (χ3n) is 3.65. The van der Waals surface area contributed by atoms with Crippen LogP contribution in [0.15, 0.2) is 18.2 Å². The lowest BCUT2D eigenvalue weighted by atomic mass is 10.2. The SMILES string of the molecule is COC(=O)Nc1ccc(N2CCN(C(=O)OC(C)(C)C)CC2)c(F)c1. The quantitative estimate of drug-likeness (QED) is 0.885. The van der Waals surface area contributed by atoms with Crippen LogP contribution in [-0.2, 0) is 9.47 Å². The molecule has 1 fully saturated rings. The van der Waals surface area contributed by atoms with Crippen molar-refractivity contribution >= 4 is 23.6 Å². The normalized spacial score (nSPS) is 14.9. The van der Waals surface area contributed by atoms with E-state index in [1.807, 2.05) is 25.7 Å². The molecule has 138 valence electrons. The van der Waals surface area contributed by atoms with Crippen LogP contribution < -0.4 is 10.2 Å². The van der Waals surface area contributed by atoms with Crippen LogP contribution in [0.5, 0.6) is 0 Å². The van der Waals surface area contributed by atoms with Gasteiger partial charge in [-0.3, -0.25) is 5.32 Å². The summed E-state index contributed by atoms with van der Waals surface area (Å²) in [6, 6.07) is 4.45. The van der Waals surface area contributed by atoms with Crippen LogP contribution >= 0.6 is 0 Å². The molecule has 0 atom stereocenters. The molecule has 0 bridgehead atoms. The Labute approximate surface area is 146 Å². The second kappa shape index (κ2) is 7.58. The van der Waals surface area contributed by atoms with Gasteiger partial charge >= 0.3 is 12.2 Å². The number of nitrogens with one attached hydrogen (secondary N) is 1. The van der Waals surface area contributed by atoms with Gasteiger partial charge in [0.05, 0.1) is 12.8 Å². The number of methoxy groups -OCH3 is 1. The van der Waals surface area contributed by atoms with Gasteiger partial charge in [-0.1, -0.05) is 0 Å². The molecule has 7 nitrogen and oxygen atoms in total. The topological polar surface area (TPSA) is 71.1 Å². The average molecular weight is 353 g/mol. The summed E-state index contributed by atoms with van der Waals surface area (Å²) in [5.74, 6) is -0.445. The van der Waals surface area contributed by atoms with Crippen molar-refractivity contribution in [3.63, 3.8) is 0 Å². The molecule has 1 saturated heterocycles. The molecule has 1 N–H and O–H groups in total. The molecule has 2 rings (SSSR count). The summed E-state index contributed by atoms with van der Waals surface area (Å²) in [7, 11) is 1.24. The molecule has 0 saturated carbocycles. The summed E-state index contributed by atoms with van der Waals surface area (Å²) >= 11 is 0. The Balaban J connectivity index is 1.96. The second-order valence-corrected chi connectivity index (χ2v) is 6.74. The zero-order chi connectivity index (χ0) is 18.6. The zero-order valence-electron chi connectivity index (χ0n) is 15.0. The van der Waals surface area contributed by atoms with Gasteiger partial charge in [0.1, 0.15) is 11.4 Å². The van der Waals surface area contributed by atoms with Gasteiger partial charge in [-0.25, -0.2) is 14.0 Å². The smallest absolute Gasteiger partial charge is 0.411 e. The third-order valence-corrected chi connectivity index (χ3v) is 3.65. The summed E-state index contributed by atoms with van der Waals surface area (Å²) in [6.07, 6.45) is -1.01. The fraction of sp³-hybridized carbons (Fsp3) is 0.529. The Morgan fingerprint density at radius 2 is 1.80 bits per heavy atom. The van der Waals surface area contributed by atoms with E-state index in [2.05, 4.69) is 10.1 Å². The van der Waals surface area contributed by atoms with Gasteiger partial charge in [0.25, 0.3) is 0 Å². The number of amides is 2. The molecule has 1 aromatic rings. The number of hydrogen-bond donors (Lipinski definition) is 1. The van der Waals surface area contributed by atoms with Crippen LogP contribution in [0.1, 0.15) is 20.8 Å². The highest BCUT2D eigenvalue weighted by atomic mass is 19.1. The number of halogens is 1. The van der Waals surface area contributed by atoms with Crippen molar-refractivity contribution in [1.82, 2.24) is 4.90 Å². The number of anilines is 2. The highest BCUT2D eigenvalue weighted by molar-refractivity contribution is 5.84. The lowest BCUT2D eigenvalue weighted by Gasteiger charge is -2.36. The van der Waals surface area contributed by atoms with E-state index in [4.69, 9.17) is 4.74 Å². The predicted molar refractivity (Wildman–Crippen MR) is 92.4 cm³/mol. The first-order valence-electron chi connectivity index (χ1n) is 8.07. The molecule has 1 heterocycles. The fourth-order valence-corrected chi connectivity index (χ4v) is 2.47. The molecule has 2 amide bonds. The highest BCUT2D eigenvalue weighted by Gasteiger charge is 2.26. The number of benzene rings is 1. The third kappa shape index (κ3) is 5.23. The molecule has 1 aromatic carbocycles. The second-order valence-electron chi connectivity index (χ2n) is 6.74. The lowest BCUT2D eigenvalue weighted by molar-refractivity contribution is 0.0240. The summed E-state index contributed by atoms with van der Waals surface area (Å²) < 4.78 is 24.2. The minimum Gasteiger partial charge on any atom is -0.453 e. The van der Waals surface area contributed by atoms with E-state index < -0.39 is 17.5 Å².